The molecule has 4 nitrogen and oxygen atoms in total. The molecule has 0 amide bonds. The molecule has 0 spiro atoms. The topological polar surface area (TPSA) is 54.9 Å². The van der Waals surface area contributed by atoms with Crippen molar-refractivity contribution in [2.75, 3.05) is 0 Å². The summed E-state index contributed by atoms with van der Waals surface area (Å²) in [6.45, 7) is 1.72. The monoisotopic (exact) mass is 334 g/mol. The summed E-state index contributed by atoms with van der Waals surface area (Å²) in [5, 5.41) is 0.363. The lowest BCUT2D eigenvalue weighted by Crippen LogP contribution is -2.35. The van der Waals surface area contributed by atoms with Crippen LogP contribution in [0.1, 0.15) is 16.7 Å². The van der Waals surface area contributed by atoms with E-state index in [0.717, 1.165) is 22.3 Å². The highest BCUT2D eigenvalue weighted by Crippen LogP contribution is 2.29. The minimum Gasteiger partial charge on any atom is -0.307 e. The molecule has 0 fully saturated rings. The van der Waals surface area contributed by atoms with Crippen molar-refractivity contribution in [3.8, 4) is 0 Å². The molecule has 0 saturated heterocycles. The molecule has 0 unspecified atom stereocenters. The zero-order valence-electron chi connectivity index (χ0n) is 12.6. The van der Waals surface area contributed by atoms with Crippen LogP contribution in [0.25, 0.3) is 10.9 Å². The molecule has 3 rings (SSSR count). The summed E-state index contributed by atoms with van der Waals surface area (Å²) >= 11 is 0. The van der Waals surface area contributed by atoms with Crippen LogP contribution in [0.3, 0.4) is 0 Å². The molecule has 3 aromatic rings. The standard InChI is InChI=1S/C17H13F3N2O2/c1-10-2-7-14-13(8-10)15(23)22(16(24)21-14)9-11-3-5-12(6-4-11)17(18,19)20/h2-8H,9H2,1H3,(H,21,24). The average Bonchev–Trinajstić information content (AvgIpc) is 2.52. The van der Waals surface area contributed by atoms with Gasteiger partial charge in [-0.3, -0.25) is 9.36 Å². The molecule has 0 aliphatic rings. The Morgan fingerprint density at radius 2 is 1.71 bits per heavy atom. The lowest BCUT2D eigenvalue weighted by atomic mass is 10.1. The van der Waals surface area contributed by atoms with Gasteiger partial charge in [-0.25, -0.2) is 4.79 Å². The number of H-pyrrole nitrogens is 1. The summed E-state index contributed by atoms with van der Waals surface area (Å²) in [7, 11) is 0. The Balaban J connectivity index is 2.04. The van der Waals surface area contributed by atoms with E-state index in [2.05, 4.69) is 4.98 Å². The van der Waals surface area contributed by atoms with Crippen LogP contribution in [-0.4, -0.2) is 9.55 Å². The molecular weight excluding hydrogens is 321 g/mol. The highest BCUT2D eigenvalue weighted by Gasteiger charge is 2.29. The third-order valence-electron chi connectivity index (χ3n) is 3.76. The fourth-order valence-corrected chi connectivity index (χ4v) is 2.49. The van der Waals surface area contributed by atoms with Gasteiger partial charge < -0.3 is 4.98 Å². The van der Waals surface area contributed by atoms with Gasteiger partial charge in [0.2, 0.25) is 0 Å². The second-order valence-corrected chi connectivity index (χ2v) is 5.57. The first-order valence-electron chi connectivity index (χ1n) is 7.15. The zero-order valence-corrected chi connectivity index (χ0v) is 12.6. The number of benzene rings is 2. The number of aromatic amines is 1. The van der Waals surface area contributed by atoms with Crippen molar-refractivity contribution in [2.45, 2.75) is 19.6 Å². The van der Waals surface area contributed by atoms with E-state index >= 15 is 0 Å². The third-order valence-corrected chi connectivity index (χ3v) is 3.76. The smallest absolute Gasteiger partial charge is 0.307 e. The second kappa shape index (κ2) is 5.67. The maximum absolute atomic E-state index is 12.6. The molecular formula is C17H13F3N2O2. The van der Waals surface area contributed by atoms with Crippen LogP contribution in [0.4, 0.5) is 13.2 Å². The number of aromatic nitrogens is 2. The maximum Gasteiger partial charge on any atom is 0.416 e. The van der Waals surface area contributed by atoms with Crippen LogP contribution in [0, 0.1) is 6.92 Å². The molecule has 0 radical (unpaired) electrons. The van der Waals surface area contributed by atoms with Crippen LogP contribution in [0.2, 0.25) is 0 Å². The van der Waals surface area contributed by atoms with Gasteiger partial charge in [-0.1, -0.05) is 23.8 Å². The molecule has 1 aromatic heterocycles. The Hall–Kier alpha value is -2.83. The first kappa shape index (κ1) is 16.0. The Bertz CT molecular complexity index is 1020. The molecule has 1 heterocycles. The van der Waals surface area contributed by atoms with Crippen molar-refractivity contribution in [3.05, 3.63) is 80.0 Å². The van der Waals surface area contributed by atoms with E-state index < -0.39 is 23.0 Å². The fraction of sp³-hybridized carbons (Fsp3) is 0.176. The molecule has 0 aliphatic carbocycles. The van der Waals surface area contributed by atoms with Crippen molar-refractivity contribution < 1.29 is 13.2 Å². The van der Waals surface area contributed by atoms with Gasteiger partial charge in [-0.05, 0) is 36.8 Å². The van der Waals surface area contributed by atoms with Gasteiger partial charge >= 0.3 is 11.9 Å². The fourth-order valence-electron chi connectivity index (χ4n) is 2.49. The predicted octanol–water partition coefficient (Wildman–Crippen LogP) is 3.07. The van der Waals surface area contributed by atoms with E-state index in [9.17, 15) is 22.8 Å². The summed E-state index contributed by atoms with van der Waals surface area (Å²) in [6.07, 6.45) is -4.42. The van der Waals surface area contributed by atoms with E-state index in [4.69, 9.17) is 0 Å². The van der Waals surface area contributed by atoms with E-state index in [1.165, 1.54) is 12.1 Å². The van der Waals surface area contributed by atoms with E-state index in [1.807, 2.05) is 6.92 Å². The van der Waals surface area contributed by atoms with Gasteiger partial charge in [0.05, 0.1) is 23.0 Å². The number of hydrogen-bond donors (Lipinski definition) is 1. The summed E-state index contributed by atoms with van der Waals surface area (Å²) in [5.41, 5.74) is -0.121. The van der Waals surface area contributed by atoms with Crippen molar-refractivity contribution in [3.63, 3.8) is 0 Å². The first-order chi connectivity index (χ1) is 11.3. The molecule has 7 heteroatoms. The minimum absolute atomic E-state index is 0.101. The summed E-state index contributed by atoms with van der Waals surface area (Å²) in [5.74, 6) is 0. The Morgan fingerprint density at radius 1 is 1.04 bits per heavy atom. The Labute approximate surface area is 134 Å². The Morgan fingerprint density at radius 3 is 2.33 bits per heavy atom. The summed E-state index contributed by atoms with van der Waals surface area (Å²) < 4.78 is 38.7. The Kier molecular flexibility index (Phi) is 3.79. The van der Waals surface area contributed by atoms with E-state index in [0.29, 0.717) is 16.5 Å². The average molecular weight is 334 g/mol. The number of rotatable bonds is 2. The van der Waals surface area contributed by atoms with Crippen molar-refractivity contribution >= 4 is 10.9 Å². The molecule has 24 heavy (non-hydrogen) atoms. The molecule has 0 saturated carbocycles. The first-order valence-corrected chi connectivity index (χ1v) is 7.15. The highest BCUT2D eigenvalue weighted by molar-refractivity contribution is 5.77. The van der Waals surface area contributed by atoms with Crippen molar-refractivity contribution in [2.24, 2.45) is 0 Å². The highest BCUT2D eigenvalue weighted by atomic mass is 19.4. The van der Waals surface area contributed by atoms with Gasteiger partial charge in [-0.15, -0.1) is 0 Å². The molecule has 124 valence electrons. The van der Waals surface area contributed by atoms with Crippen LogP contribution >= 0.6 is 0 Å². The normalized spacial score (nSPS) is 11.8. The molecule has 2 aromatic carbocycles. The summed E-state index contributed by atoms with van der Waals surface area (Å²) in [6, 6.07) is 9.47. The molecule has 1 N–H and O–H groups in total. The molecule has 0 bridgehead atoms. The summed E-state index contributed by atoms with van der Waals surface area (Å²) in [4.78, 5) is 27.2. The minimum atomic E-state index is -4.42. The van der Waals surface area contributed by atoms with Gasteiger partial charge in [0.15, 0.2) is 0 Å². The van der Waals surface area contributed by atoms with Gasteiger partial charge in [0.1, 0.15) is 0 Å². The number of aryl methyl sites for hydroxylation is 1. The SMILES string of the molecule is Cc1ccc2[nH]c(=O)n(Cc3ccc(C(F)(F)F)cc3)c(=O)c2c1. The number of nitrogens with zero attached hydrogens (tertiary/aromatic N) is 1. The number of nitrogens with one attached hydrogen (secondary N) is 1. The number of halogens is 3. The van der Waals surface area contributed by atoms with E-state index in [1.54, 1.807) is 18.2 Å². The lowest BCUT2D eigenvalue weighted by Gasteiger charge is -2.09. The van der Waals surface area contributed by atoms with Crippen molar-refractivity contribution in [1.29, 1.82) is 0 Å². The lowest BCUT2D eigenvalue weighted by molar-refractivity contribution is -0.137. The second-order valence-electron chi connectivity index (χ2n) is 5.57. The number of hydrogen-bond acceptors (Lipinski definition) is 2. The zero-order chi connectivity index (χ0) is 17.5. The number of alkyl halides is 3. The predicted molar refractivity (Wildman–Crippen MR) is 84.1 cm³/mol. The number of fused-ring (bicyclic) bond motifs is 1. The van der Waals surface area contributed by atoms with E-state index in [-0.39, 0.29) is 6.54 Å². The quantitative estimate of drug-likeness (QED) is 0.783. The van der Waals surface area contributed by atoms with Gasteiger partial charge in [0.25, 0.3) is 5.56 Å². The van der Waals surface area contributed by atoms with Crippen LogP contribution < -0.4 is 11.2 Å². The van der Waals surface area contributed by atoms with Gasteiger partial charge in [-0.2, -0.15) is 13.2 Å². The molecule has 0 aliphatic heterocycles. The third kappa shape index (κ3) is 2.97. The maximum atomic E-state index is 12.6. The van der Waals surface area contributed by atoms with Crippen LogP contribution in [0.5, 0.6) is 0 Å². The largest absolute Gasteiger partial charge is 0.416 e. The van der Waals surface area contributed by atoms with Crippen molar-refractivity contribution in [1.82, 2.24) is 9.55 Å². The molecule has 0 atom stereocenters. The van der Waals surface area contributed by atoms with Gasteiger partial charge in [0, 0.05) is 0 Å². The van der Waals surface area contributed by atoms with Crippen LogP contribution in [-0.2, 0) is 12.7 Å². The van der Waals surface area contributed by atoms with Crippen LogP contribution in [0.15, 0.2) is 52.1 Å².